The molecule has 1 saturated carbocycles. The molecule has 1 aromatic rings. The third kappa shape index (κ3) is 2.62. The largest absolute Gasteiger partial charge is 0.367 e. The second kappa shape index (κ2) is 5.22. The normalized spacial score (nSPS) is 26.0. The van der Waals surface area contributed by atoms with E-state index in [9.17, 15) is 13.7 Å². The fraction of sp³-hybridized carbons (Fsp3) is 0.588. The zero-order chi connectivity index (χ0) is 16.1. The standard InChI is InChI=1S/C17H21N3O2S/c18-12-17(6-7-17)13-23(21,22)19-8-3-9-20-15(11-19)10-14-4-1-2-5-16(14)20/h1-2,4-5,15H,3,6-11,13H2. The molecule has 0 radical (unpaired) electrons. The van der Waals surface area contributed by atoms with Gasteiger partial charge >= 0.3 is 0 Å². The fourth-order valence-corrected chi connectivity index (χ4v) is 5.91. The van der Waals surface area contributed by atoms with E-state index in [1.165, 1.54) is 11.3 Å². The third-order valence-corrected chi connectivity index (χ3v) is 7.40. The summed E-state index contributed by atoms with van der Waals surface area (Å²) in [7, 11) is -3.36. The van der Waals surface area contributed by atoms with Crippen LogP contribution < -0.4 is 4.90 Å². The highest BCUT2D eigenvalue weighted by atomic mass is 32.2. The van der Waals surface area contributed by atoms with Gasteiger partial charge in [0.05, 0.1) is 17.2 Å². The molecule has 0 amide bonds. The number of hydrogen-bond donors (Lipinski definition) is 0. The summed E-state index contributed by atoms with van der Waals surface area (Å²) in [5.74, 6) is -0.00380. The lowest BCUT2D eigenvalue weighted by atomic mass is 10.1. The van der Waals surface area contributed by atoms with Crippen molar-refractivity contribution in [3.05, 3.63) is 29.8 Å². The number of sulfonamides is 1. The van der Waals surface area contributed by atoms with Gasteiger partial charge in [-0.25, -0.2) is 8.42 Å². The van der Waals surface area contributed by atoms with E-state index < -0.39 is 15.4 Å². The minimum atomic E-state index is -3.36. The van der Waals surface area contributed by atoms with Crippen molar-refractivity contribution in [3.63, 3.8) is 0 Å². The Morgan fingerprint density at radius 2 is 2.04 bits per heavy atom. The molecule has 2 aliphatic heterocycles. The van der Waals surface area contributed by atoms with Crippen LogP contribution in [0.5, 0.6) is 0 Å². The van der Waals surface area contributed by atoms with Crippen LogP contribution in [0.1, 0.15) is 24.8 Å². The van der Waals surface area contributed by atoms with Gasteiger partial charge in [-0.05, 0) is 37.3 Å². The number of nitrogens with zero attached hydrogens (tertiary/aromatic N) is 3. The average Bonchev–Trinajstić information content (AvgIpc) is 3.26. The first kappa shape index (κ1) is 15.0. The molecule has 6 heteroatoms. The van der Waals surface area contributed by atoms with Crippen molar-refractivity contribution >= 4 is 15.7 Å². The number of nitriles is 1. The van der Waals surface area contributed by atoms with E-state index in [2.05, 4.69) is 23.1 Å². The molecule has 1 aromatic carbocycles. The molecule has 0 aromatic heterocycles. The average molecular weight is 331 g/mol. The smallest absolute Gasteiger partial charge is 0.215 e. The SMILES string of the molecule is N#CC1(CS(=O)(=O)N2CCCN3c4ccccc4CC3C2)CC1. The molecule has 2 fully saturated rings. The molecule has 2 heterocycles. The van der Waals surface area contributed by atoms with Crippen LogP contribution in [0.4, 0.5) is 5.69 Å². The first-order valence-electron chi connectivity index (χ1n) is 8.27. The van der Waals surface area contributed by atoms with E-state index in [1.807, 2.05) is 12.1 Å². The van der Waals surface area contributed by atoms with Crippen LogP contribution in [0.2, 0.25) is 0 Å². The van der Waals surface area contributed by atoms with E-state index in [1.54, 1.807) is 4.31 Å². The zero-order valence-electron chi connectivity index (χ0n) is 13.1. The van der Waals surface area contributed by atoms with Gasteiger partial charge in [0, 0.05) is 31.4 Å². The van der Waals surface area contributed by atoms with Crippen molar-refractivity contribution in [2.75, 3.05) is 30.3 Å². The second-order valence-corrected chi connectivity index (χ2v) is 9.01. The summed E-state index contributed by atoms with van der Waals surface area (Å²) < 4.78 is 27.2. The highest BCUT2D eigenvalue weighted by Gasteiger charge is 2.48. The number of benzene rings is 1. The minimum Gasteiger partial charge on any atom is -0.367 e. The summed E-state index contributed by atoms with van der Waals surface area (Å²) in [6.07, 6.45) is 3.18. The second-order valence-electron chi connectivity index (χ2n) is 7.04. The maximum Gasteiger partial charge on any atom is 0.215 e. The van der Waals surface area contributed by atoms with Gasteiger partial charge in [0.25, 0.3) is 0 Å². The lowest BCUT2D eigenvalue weighted by Gasteiger charge is -2.27. The molecule has 0 N–H and O–H groups in total. The molecule has 1 atom stereocenters. The Bertz CT molecular complexity index is 764. The van der Waals surface area contributed by atoms with E-state index >= 15 is 0 Å². The van der Waals surface area contributed by atoms with Crippen LogP contribution in [0, 0.1) is 16.7 Å². The summed E-state index contributed by atoms with van der Waals surface area (Å²) in [5.41, 5.74) is 1.96. The lowest BCUT2D eigenvalue weighted by molar-refractivity contribution is 0.402. The van der Waals surface area contributed by atoms with Gasteiger partial charge in [-0.3, -0.25) is 0 Å². The number of para-hydroxylation sites is 1. The van der Waals surface area contributed by atoms with Crippen LogP contribution in [-0.2, 0) is 16.4 Å². The molecule has 0 bridgehead atoms. The Labute approximate surface area is 137 Å². The van der Waals surface area contributed by atoms with Crippen molar-refractivity contribution in [2.45, 2.75) is 31.7 Å². The highest BCUT2D eigenvalue weighted by Crippen LogP contribution is 2.46. The number of hydrogen-bond acceptors (Lipinski definition) is 4. The zero-order valence-corrected chi connectivity index (χ0v) is 13.9. The maximum atomic E-state index is 12.8. The summed E-state index contributed by atoms with van der Waals surface area (Å²) in [5, 5.41) is 9.20. The first-order chi connectivity index (χ1) is 11.0. The van der Waals surface area contributed by atoms with E-state index in [4.69, 9.17) is 0 Å². The Balaban J connectivity index is 1.54. The predicted molar refractivity (Wildman–Crippen MR) is 88.5 cm³/mol. The molecule has 3 aliphatic rings. The molecular weight excluding hydrogens is 310 g/mol. The summed E-state index contributed by atoms with van der Waals surface area (Å²) in [6, 6.07) is 10.8. The van der Waals surface area contributed by atoms with Gasteiger partial charge < -0.3 is 4.90 Å². The number of anilines is 1. The van der Waals surface area contributed by atoms with E-state index in [-0.39, 0.29) is 11.8 Å². The van der Waals surface area contributed by atoms with Crippen LogP contribution >= 0.6 is 0 Å². The minimum absolute atomic E-state index is 0.00380. The van der Waals surface area contributed by atoms with Crippen molar-refractivity contribution in [1.29, 1.82) is 5.26 Å². The maximum absolute atomic E-state index is 12.8. The monoisotopic (exact) mass is 331 g/mol. The van der Waals surface area contributed by atoms with E-state index in [0.29, 0.717) is 13.1 Å². The third-order valence-electron chi connectivity index (χ3n) is 5.36. The molecule has 1 saturated heterocycles. The summed E-state index contributed by atoms with van der Waals surface area (Å²) in [4.78, 5) is 2.36. The molecule has 0 spiro atoms. The molecule has 4 rings (SSSR count). The molecule has 122 valence electrons. The Hall–Kier alpha value is -1.58. The van der Waals surface area contributed by atoms with Gasteiger partial charge in [0.1, 0.15) is 0 Å². The van der Waals surface area contributed by atoms with Crippen LogP contribution in [-0.4, -0.2) is 44.2 Å². The van der Waals surface area contributed by atoms with Gasteiger partial charge in [0.2, 0.25) is 10.0 Å². The molecule has 1 aliphatic carbocycles. The van der Waals surface area contributed by atoms with Crippen molar-refractivity contribution in [2.24, 2.45) is 5.41 Å². The Morgan fingerprint density at radius 1 is 1.26 bits per heavy atom. The van der Waals surface area contributed by atoms with Crippen LogP contribution in [0.3, 0.4) is 0 Å². The molecule has 23 heavy (non-hydrogen) atoms. The Morgan fingerprint density at radius 3 is 2.78 bits per heavy atom. The van der Waals surface area contributed by atoms with Gasteiger partial charge in [-0.1, -0.05) is 18.2 Å². The first-order valence-corrected chi connectivity index (χ1v) is 9.88. The Kier molecular flexibility index (Phi) is 3.40. The summed E-state index contributed by atoms with van der Waals surface area (Å²) >= 11 is 0. The number of fused-ring (bicyclic) bond motifs is 3. The van der Waals surface area contributed by atoms with Crippen LogP contribution in [0.15, 0.2) is 24.3 Å². The lowest BCUT2D eigenvalue weighted by Crippen LogP contribution is -2.43. The summed E-state index contributed by atoms with van der Waals surface area (Å²) in [6.45, 7) is 2.01. The highest BCUT2D eigenvalue weighted by molar-refractivity contribution is 7.89. The van der Waals surface area contributed by atoms with E-state index in [0.717, 1.165) is 32.2 Å². The van der Waals surface area contributed by atoms with Gasteiger partial charge in [-0.15, -0.1) is 0 Å². The van der Waals surface area contributed by atoms with Crippen LogP contribution in [0.25, 0.3) is 0 Å². The predicted octanol–water partition coefficient (Wildman–Crippen LogP) is 1.76. The van der Waals surface area contributed by atoms with Gasteiger partial charge in [0.15, 0.2) is 0 Å². The van der Waals surface area contributed by atoms with Crippen molar-refractivity contribution in [3.8, 4) is 6.07 Å². The molecule has 1 unspecified atom stereocenters. The fourth-order valence-electron chi connectivity index (χ4n) is 3.87. The van der Waals surface area contributed by atoms with Crippen molar-refractivity contribution < 1.29 is 8.42 Å². The quantitative estimate of drug-likeness (QED) is 0.846. The molecule has 5 nitrogen and oxygen atoms in total. The van der Waals surface area contributed by atoms with Crippen molar-refractivity contribution in [1.82, 2.24) is 4.31 Å². The van der Waals surface area contributed by atoms with Gasteiger partial charge in [-0.2, -0.15) is 9.57 Å². The number of rotatable bonds is 3. The molecular formula is C17H21N3O2S. The topological polar surface area (TPSA) is 64.4 Å².